The van der Waals surface area contributed by atoms with E-state index in [0.717, 1.165) is 74.1 Å². The summed E-state index contributed by atoms with van der Waals surface area (Å²) in [5, 5.41) is 4.65. The van der Waals surface area contributed by atoms with Crippen molar-refractivity contribution in [2.75, 3.05) is 36.5 Å². The fourth-order valence-electron chi connectivity index (χ4n) is 4.18. The third-order valence-electron chi connectivity index (χ3n) is 5.78. The SMILES string of the molecule is Cn1ccc2c(NC3CCN(c4nccc(C5CCOCC5)n4)C3)ncnc21. The number of nitrogens with one attached hydrogen (secondary N) is 1. The van der Waals surface area contributed by atoms with Crippen LogP contribution in [0.2, 0.25) is 0 Å². The Morgan fingerprint density at radius 1 is 1.11 bits per heavy atom. The van der Waals surface area contributed by atoms with Gasteiger partial charge in [-0.05, 0) is 31.4 Å². The summed E-state index contributed by atoms with van der Waals surface area (Å²) in [6.07, 6.45) is 8.65. The van der Waals surface area contributed by atoms with Gasteiger partial charge in [-0.2, -0.15) is 0 Å². The van der Waals surface area contributed by atoms with Gasteiger partial charge in [-0.25, -0.2) is 19.9 Å². The number of hydrogen-bond donors (Lipinski definition) is 1. The third kappa shape index (κ3) is 3.28. The molecule has 1 unspecified atom stereocenters. The third-order valence-corrected chi connectivity index (χ3v) is 5.78. The van der Waals surface area contributed by atoms with Crippen LogP contribution in [-0.2, 0) is 11.8 Å². The molecule has 0 bridgehead atoms. The second kappa shape index (κ2) is 7.35. The number of rotatable bonds is 4. The monoisotopic (exact) mass is 379 g/mol. The van der Waals surface area contributed by atoms with Gasteiger partial charge in [0, 0.05) is 63.4 Å². The maximum atomic E-state index is 5.48. The lowest BCUT2D eigenvalue weighted by molar-refractivity contribution is 0.0845. The standard InChI is InChI=1S/C20H25N7O/c1-26-8-4-16-18(22-13-23-19(16)26)24-15-3-9-27(12-15)20-21-7-2-17(25-20)14-5-10-28-11-6-14/h2,4,7-8,13-15H,3,5-6,9-12H2,1H3,(H,22,23,24). The molecular formula is C20H25N7O. The van der Waals surface area contributed by atoms with Crippen molar-refractivity contribution in [3.8, 4) is 0 Å². The average Bonchev–Trinajstić information content (AvgIpc) is 3.37. The lowest BCUT2D eigenvalue weighted by atomic mass is 9.96. The Hall–Kier alpha value is -2.74. The van der Waals surface area contributed by atoms with Crippen LogP contribution in [0, 0.1) is 0 Å². The van der Waals surface area contributed by atoms with Crippen LogP contribution in [0.4, 0.5) is 11.8 Å². The first kappa shape index (κ1) is 17.4. The van der Waals surface area contributed by atoms with Crippen molar-refractivity contribution < 1.29 is 4.74 Å². The summed E-state index contributed by atoms with van der Waals surface area (Å²) in [4.78, 5) is 20.5. The van der Waals surface area contributed by atoms with Crippen molar-refractivity contribution in [1.82, 2.24) is 24.5 Å². The van der Waals surface area contributed by atoms with Crippen LogP contribution in [0.3, 0.4) is 0 Å². The molecule has 8 nitrogen and oxygen atoms in total. The van der Waals surface area contributed by atoms with Crippen LogP contribution >= 0.6 is 0 Å². The summed E-state index contributed by atoms with van der Waals surface area (Å²) < 4.78 is 7.49. The highest BCUT2D eigenvalue weighted by molar-refractivity contribution is 5.87. The topological polar surface area (TPSA) is 81.0 Å². The number of aromatic nitrogens is 5. The minimum atomic E-state index is 0.314. The minimum Gasteiger partial charge on any atom is -0.381 e. The zero-order valence-corrected chi connectivity index (χ0v) is 16.1. The van der Waals surface area contributed by atoms with E-state index in [-0.39, 0.29) is 0 Å². The molecule has 8 heteroatoms. The Balaban J connectivity index is 1.29. The Bertz CT molecular complexity index is 966. The van der Waals surface area contributed by atoms with Gasteiger partial charge >= 0.3 is 0 Å². The molecule has 0 aromatic carbocycles. The van der Waals surface area contributed by atoms with Crippen LogP contribution < -0.4 is 10.2 Å². The lowest BCUT2D eigenvalue weighted by Crippen LogP contribution is -2.28. The van der Waals surface area contributed by atoms with Crippen molar-refractivity contribution in [3.05, 3.63) is 36.5 Å². The molecule has 3 aromatic rings. The zero-order chi connectivity index (χ0) is 18.9. The van der Waals surface area contributed by atoms with E-state index >= 15 is 0 Å². The van der Waals surface area contributed by atoms with Gasteiger partial charge in [-0.15, -0.1) is 0 Å². The number of fused-ring (bicyclic) bond motifs is 1. The van der Waals surface area contributed by atoms with Gasteiger partial charge in [0.05, 0.1) is 5.39 Å². The maximum absolute atomic E-state index is 5.48. The molecule has 5 heterocycles. The van der Waals surface area contributed by atoms with E-state index in [1.54, 1.807) is 6.33 Å². The molecule has 0 amide bonds. The normalized spacial score (nSPS) is 20.8. The number of aryl methyl sites for hydroxylation is 1. The van der Waals surface area contributed by atoms with E-state index in [9.17, 15) is 0 Å². The fourth-order valence-corrected chi connectivity index (χ4v) is 4.18. The van der Waals surface area contributed by atoms with Gasteiger partial charge in [0.2, 0.25) is 5.95 Å². The predicted octanol–water partition coefficient (Wildman–Crippen LogP) is 2.34. The Morgan fingerprint density at radius 3 is 2.89 bits per heavy atom. The quantitative estimate of drug-likeness (QED) is 0.745. The summed E-state index contributed by atoms with van der Waals surface area (Å²) in [5.74, 6) is 2.22. The smallest absolute Gasteiger partial charge is 0.225 e. The Labute approximate surface area is 164 Å². The van der Waals surface area contributed by atoms with Crippen LogP contribution in [0.25, 0.3) is 11.0 Å². The van der Waals surface area contributed by atoms with Gasteiger partial charge in [-0.1, -0.05) is 0 Å². The van der Waals surface area contributed by atoms with Crippen LogP contribution in [0.15, 0.2) is 30.9 Å². The molecule has 5 rings (SSSR count). The molecule has 1 atom stereocenters. The minimum absolute atomic E-state index is 0.314. The average molecular weight is 379 g/mol. The molecule has 0 saturated carbocycles. The van der Waals surface area contributed by atoms with Gasteiger partial charge in [0.15, 0.2) is 0 Å². The van der Waals surface area contributed by atoms with Crippen molar-refractivity contribution in [1.29, 1.82) is 0 Å². The van der Waals surface area contributed by atoms with Crippen molar-refractivity contribution in [2.45, 2.75) is 31.2 Å². The molecule has 2 aliphatic rings. The van der Waals surface area contributed by atoms with Crippen molar-refractivity contribution >= 4 is 22.8 Å². The Kier molecular flexibility index (Phi) is 4.56. The molecule has 3 aromatic heterocycles. The maximum Gasteiger partial charge on any atom is 0.225 e. The highest BCUT2D eigenvalue weighted by Gasteiger charge is 2.26. The highest BCUT2D eigenvalue weighted by Crippen LogP contribution is 2.28. The number of anilines is 2. The molecule has 28 heavy (non-hydrogen) atoms. The second-order valence-electron chi connectivity index (χ2n) is 7.63. The summed E-state index contributed by atoms with van der Waals surface area (Å²) in [6.45, 7) is 3.46. The van der Waals surface area contributed by atoms with Crippen molar-refractivity contribution in [3.63, 3.8) is 0 Å². The van der Waals surface area contributed by atoms with E-state index in [1.165, 1.54) is 0 Å². The molecular weight excluding hydrogens is 354 g/mol. The molecule has 146 valence electrons. The largest absolute Gasteiger partial charge is 0.381 e. The summed E-state index contributed by atoms with van der Waals surface area (Å²) in [7, 11) is 2.00. The fraction of sp³-hybridized carbons (Fsp3) is 0.500. The molecule has 2 saturated heterocycles. The summed E-state index contributed by atoms with van der Waals surface area (Å²) in [6, 6.07) is 4.43. The van der Waals surface area contributed by atoms with Gasteiger partial charge in [0.1, 0.15) is 17.8 Å². The summed E-state index contributed by atoms with van der Waals surface area (Å²) >= 11 is 0. The molecule has 2 fully saturated rings. The lowest BCUT2D eigenvalue weighted by Gasteiger charge is -2.23. The molecule has 0 aliphatic carbocycles. The zero-order valence-electron chi connectivity index (χ0n) is 16.1. The van der Waals surface area contributed by atoms with Gasteiger partial charge in [-0.3, -0.25) is 0 Å². The first-order valence-corrected chi connectivity index (χ1v) is 9.96. The number of nitrogens with zero attached hydrogens (tertiary/aromatic N) is 6. The molecule has 0 spiro atoms. The number of hydrogen-bond acceptors (Lipinski definition) is 7. The molecule has 0 radical (unpaired) electrons. The summed E-state index contributed by atoms with van der Waals surface area (Å²) in [5.41, 5.74) is 2.09. The van der Waals surface area contributed by atoms with Gasteiger partial charge in [0.25, 0.3) is 0 Å². The number of ether oxygens (including phenoxy) is 1. The van der Waals surface area contributed by atoms with E-state index in [0.29, 0.717) is 12.0 Å². The van der Waals surface area contributed by atoms with Crippen LogP contribution in [-0.4, -0.2) is 56.8 Å². The molecule has 2 aliphatic heterocycles. The first-order valence-electron chi connectivity index (χ1n) is 9.96. The predicted molar refractivity (Wildman–Crippen MR) is 108 cm³/mol. The molecule has 1 N–H and O–H groups in total. The first-order chi connectivity index (χ1) is 13.8. The van der Waals surface area contributed by atoms with Crippen LogP contribution in [0.1, 0.15) is 30.9 Å². The van der Waals surface area contributed by atoms with Crippen molar-refractivity contribution in [2.24, 2.45) is 7.05 Å². The van der Waals surface area contributed by atoms with E-state index in [2.05, 4.69) is 37.3 Å². The van der Waals surface area contributed by atoms with E-state index in [4.69, 9.17) is 9.72 Å². The second-order valence-corrected chi connectivity index (χ2v) is 7.63. The Morgan fingerprint density at radius 2 is 2.00 bits per heavy atom. The highest BCUT2D eigenvalue weighted by atomic mass is 16.5. The van der Waals surface area contributed by atoms with E-state index in [1.807, 2.05) is 24.0 Å². The van der Waals surface area contributed by atoms with Crippen LogP contribution in [0.5, 0.6) is 0 Å². The van der Waals surface area contributed by atoms with E-state index < -0.39 is 0 Å². The van der Waals surface area contributed by atoms with Gasteiger partial charge < -0.3 is 19.5 Å².